The number of benzene rings is 4. The summed E-state index contributed by atoms with van der Waals surface area (Å²) in [5.41, 5.74) is 3.10. The maximum absolute atomic E-state index is 12.5. The molecule has 4 aromatic carbocycles. The quantitative estimate of drug-likeness (QED) is 0.240. The Morgan fingerprint density at radius 1 is 0.750 bits per heavy atom. The Morgan fingerprint density at radius 3 is 1.94 bits per heavy atom. The van der Waals surface area contributed by atoms with E-state index in [2.05, 4.69) is 53.2 Å². The number of amides is 1. The summed E-state index contributed by atoms with van der Waals surface area (Å²) in [4.78, 5) is 12.5. The molecule has 0 aromatic heterocycles. The van der Waals surface area contributed by atoms with E-state index < -0.39 is 12.1 Å². The lowest BCUT2D eigenvalue weighted by Gasteiger charge is -2.31. The molecule has 6 heteroatoms. The highest BCUT2D eigenvalue weighted by molar-refractivity contribution is 7.80. The first-order chi connectivity index (χ1) is 17.6. The highest BCUT2D eigenvalue weighted by atomic mass is 32.1. The minimum absolute atomic E-state index is 0.0271. The van der Waals surface area contributed by atoms with Crippen LogP contribution in [0.4, 0.5) is 4.79 Å². The summed E-state index contributed by atoms with van der Waals surface area (Å²) in [6, 6.07) is 33.7. The number of alkyl carbamates (subject to hydrolysis) is 1. The van der Waals surface area contributed by atoms with E-state index >= 15 is 0 Å². The number of carbonyl (C=O) groups excluding carboxylic acids is 1. The van der Waals surface area contributed by atoms with Crippen LogP contribution in [0, 0.1) is 0 Å². The van der Waals surface area contributed by atoms with Gasteiger partial charge in [-0.2, -0.15) is 0 Å². The number of hydrogen-bond donors (Lipinski definition) is 3. The Labute approximate surface area is 217 Å². The van der Waals surface area contributed by atoms with Crippen molar-refractivity contribution in [3.05, 3.63) is 120 Å². The average Bonchev–Trinajstić information content (AvgIpc) is 2.91. The second kappa shape index (κ2) is 12.2. The average molecular weight is 498 g/mol. The molecule has 184 valence electrons. The molecule has 0 radical (unpaired) electrons. The third-order valence-electron chi connectivity index (χ3n) is 6.12. The lowest BCUT2D eigenvalue weighted by Crippen LogP contribution is -2.45. The predicted octanol–water partition coefficient (Wildman–Crippen LogP) is 6.59. The number of hydrogen-bond acceptors (Lipinski definition) is 3. The van der Waals surface area contributed by atoms with E-state index in [0.717, 1.165) is 16.7 Å². The second-order valence-corrected chi connectivity index (χ2v) is 8.96. The van der Waals surface area contributed by atoms with E-state index in [9.17, 15) is 4.79 Å². The first-order valence-corrected chi connectivity index (χ1v) is 12.6. The van der Waals surface area contributed by atoms with Crippen LogP contribution in [0.5, 0.6) is 0 Å². The molecule has 0 saturated carbocycles. The SMILES string of the molecule is CCOC(=O)N[C@@H](c1ccccc1)[C@@H](NC(=S)N[C@@H](C)c1cccc2ccccc12)c1ccccc1. The van der Waals surface area contributed by atoms with Crippen LogP contribution in [0.3, 0.4) is 0 Å². The zero-order valence-electron chi connectivity index (χ0n) is 20.5. The summed E-state index contributed by atoms with van der Waals surface area (Å²) < 4.78 is 5.22. The van der Waals surface area contributed by atoms with Gasteiger partial charge in [-0.3, -0.25) is 0 Å². The number of carbonyl (C=O) groups is 1. The summed E-state index contributed by atoms with van der Waals surface area (Å²) in [5, 5.41) is 12.8. The molecule has 0 heterocycles. The van der Waals surface area contributed by atoms with Gasteiger partial charge in [0.05, 0.1) is 24.7 Å². The molecule has 0 fully saturated rings. The second-order valence-electron chi connectivity index (χ2n) is 8.55. The highest BCUT2D eigenvalue weighted by Gasteiger charge is 2.28. The van der Waals surface area contributed by atoms with Gasteiger partial charge in [0.2, 0.25) is 0 Å². The van der Waals surface area contributed by atoms with Gasteiger partial charge in [0.15, 0.2) is 5.11 Å². The Kier molecular flexibility index (Phi) is 8.53. The topological polar surface area (TPSA) is 62.4 Å². The van der Waals surface area contributed by atoms with E-state index in [1.807, 2.05) is 72.8 Å². The van der Waals surface area contributed by atoms with E-state index in [4.69, 9.17) is 17.0 Å². The van der Waals surface area contributed by atoms with Crippen LogP contribution in [0.25, 0.3) is 10.8 Å². The molecule has 5 nitrogen and oxygen atoms in total. The van der Waals surface area contributed by atoms with E-state index in [0.29, 0.717) is 11.7 Å². The predicted molar refractivity (Wildman–Crippen MR) is 150 cm³/mol. The molecule has 3 atom stereocenters. The van der Waals surface area contributed by atoms with Crippen molar-refractivity contribution in [2.45, 2.75) is 32.0 Å². The van der Waals surface area contributed by atoms with Gasteiger partial charge >= 0.3 is 6.09 Å². The third kappa shape index (κ3) is 6.20. The van der Waals surface area contributed by atoms with Gasteiger partial charge in [0, 0.05) is 0 Å². The molecule has 0 bridgehead atoms. The summed E-state index contributed by atoms with van der Waals surface area (Å²) in [5.74, 6) is 0. The summed E-state index contributed by atoms with van der Waals surface area (Å²) >= 11 is 5.80. The molecule has 36 heavy (non-hydrogen) atoms. The standard InChI is InChI=1S/C30H31N3O2S/c1-3-35-30(34)33-28(24-16-8-5-9-17-24)27(23-14-6-4-7-15-23)32-29(36)31-21(2)25-20-12-18-22-13-10-11-19-26(22)25/h4-21,27-28H,3H2,1-2H3,(H,33,34)(H2,31,32,36)/t21-,27-,28-/m0/s1. The van der Waals surface area contributed by atoms with Crippen LogP contribution >= 0.6 is 12.2 Å². The molecular weight excluding hydrogens is 466 g/mol. The largest absolute Gasteiger partial charge is 0.450 e. The first-order valence-electron chi connectivity index (χ1n) is 12.1. The van der Waals surface area contributed by atoms with Crippen molar-refractivity contribution in [3.63, 3.8) is 0 Å². The van der Waals surface area contributed by atoms with Crippen molar-refractivity contribution in [2.24, 2.45) is 0 Å². The molecule has 0 spiro atoms. The van der Waals surface area contributed by atoms with Crippen LogP contribution in [-0.2, 0) is 4.74 Å². The molecule has 0 aliphatic rings. The van der Waals surface area contributed by atoms with E-state index in [-0.39, 0.29) is 12.1 Å². The molecule has 0 saturated heterocycles. The van der Waals surface area contributed by atoms with Crippen molar-refractivity contribution in [1.82, 2.24) is 16.0 Å². The number of ether oxygens (including phenoxy) is 1. The van der Waals surface area contributed by atoms with Gasteiger partial charge in [-0.1, -0.05) is 103 Å². The molecule has 0 aliphatic heterocycles. The molecule has 1 amide bonds. The van der Waals surface area contributed by atoms with Crippen molar-refractivity contribution in [1.29, 1.82) is 0 Å². The highest BCUT2D eigenvalue weighted by Crippen LogP contribution is 2.30. The molecule has 0 unspecified atom stereocenters. The molecule has 0 aliphatic carbocycles. The lowest BCUT2D eigenvalue weighted by atomic mass is 9.93. The van der Waals surface area contributed by atoms with E-state index in [1.165, 1.54) is 10.8 Å². The van der Waals surface area contributed by atoms with Crippen molar-refractivity contribution in [2.75, 3.05) is 6.61 Å². The minimum atomic E-state index is -0.475. The summed E-state index contributed by atoms with van der Waals surface area (Å²) in [7, 11) is 0. The molecule has 4 aromatic rings. The Balaban J connectivity index is 1.61. The maximum Gasteiger partial charge on any atom is 0.407 e. The minimum Gasteiger partial charge on any atom is -0.450 e. The van der Waals surface area contributed by atoms with Gasteiger partial charge < -0.3 is 20.7 Å². The number of nitrogens with one attached hydrogen (secondary N) is 3. The molecule has 4 rings (SSSR count). The monoisotopic (exact) mass is 497 g/mol. The fraction of sp³-hybridized carbons (Fsp3) is 0.200. The zero-order chi connectivity index (χ0) is 25.3. The maximum atomic E-state index is 12.5. The zero-order valence-corrected chi connectivity index (χ0v) is 21.3. The van der Waals surface area contributed by atoms with Crippen molar-refractivity contribution in [3.8, 4) is 0 Å². The number of rotatable bonds is 8. The molecule has 3 N–H and O–H groups in total. The van der Waals surface area contributed by atoms with Crippen LogP contribution in [0.15, 0.2) is 103 Å². The van der Waals surface area contributed by atoms with Crippen molar-refractivity contribution >= 4 is 34.2 Å². The van der Waals surface area contributed by atoms with Crippen LogP contribution in [-0.4, -0.2) is 17.8 Å². The van der Waals surface area contributed by atoms with E-state index in [1.54, 1.807) is 6.92 Å². The van der Waals surface area contributed by atoms with Crippen LogP contribution in [0.2, 0.25) is 0 Å². The third-order valence-corrected chi connectivity index (χ3v) is 6.36. The fourth-order valence-electron chi connectivity index (χ4n) is 4.42. The summed E-state index contributed by atoms with van der Waals surface area (Å²) in [6.07, 6.45) is -0.475. The summed E-state index contributed by atoms with van der Waals surface area (Å²) in [6.45, 7) is 4.18. The van der Waals surface area contributed by atoms with Gasteiger partial charge in [0.1, 0.15) is 0 Å². The Bertz CT molecular complexity index is 1290. The first kappa shape index (κ1) is 25.2. The number of thiocarbonyl (C=S) groups is 1. The van der Waals surface area contributed by atoms with Gasteiger partial charge in [0.25, 0.3) is 0 Å². The van der Waals surface area contributed by atoms with Crippen molar-refractivity contribution < 1.29 is 9.53 Å². The Morgan fingerprint density at radius 2 is 1.31 bits per heavy atom. The normalized spacial score (nSPS) is 13.3. The lowest BCUT2D eigenvalue weighted by molar-refractivity contribution is 0.145. The fourth-order valence-corrected chi connectivity index (χ4v) is 4.73. The van der Waals surface area contributed by atoms with Gasteiger partial charge in [-0.25, -0.2) is 4.79 Å². The Hall–Kier alpha value is -3.90. The van der Waals surface area contributed by atoms with Crippen LogP contribution in [0.1, 0.15) is 48.7 Å². The van der Waals surface area contributed by atoms with Gasteiger partial charge in [-0.15, -0.1) is 0 Å². The van der Waals surface area contributed by atoms with Crippen LogP contribution < -0.4 is 16.0 Å². The van der Waals surface area contributed by atoms with Gasteiger partial charge in [-0.05, 0) is 53.5 Å². The molecular formula is C30H31N3O2S. The number of fused-ring (bicyclic) bond motifs is 1. The smallest absolute Gasteiger partial charge is 0.407 e.